The maximum absolute atomic E-state index is 12.0. The SMILES string of the molecule is CCOc1ccc(C(=O)COC(=O)CNC(=O)c2cccc(C)c2)cc1. The zero-order chi connectivity index (χ0) is 18.9. The first kappa shape index (κ1) is 19.2. The van der Waals surface area contributed by atoms with Crippen molar-refractivity contribution in [2.24, 2.45) is 0 Å². The van der Waals surface area contributed by atoms with Crippen LogP contribution < -0.4 is 10.1 Å². The number of aryl methyl sites for hydroxylation is 1. The minimum Gasteiger partial charge on any atom is -0.494 e. The number of benzene rings is 2. The Hall–Kier alpha value is -3.15. The molecule has 0 spiro atoms. The van der Waals surface area contributed by atoms with Crippen LogP contribution in [-0.2, 0) is 9.53 Å². The van der Waals surface area contributed by atoms with Crippen molar-refractivity contribution in [1.29, 1.82) is 0 Å². The summed E-state index contributed by atoms with van der Waals surface area (Å²) in [5, 5.41) is 2.47. The van der Waals surface area contributed by atoms with Crippen molar-refractivity contribution in [3.05, 3.63) is 65.2 Å². The molecule has 2 rings (SSSR count). The first-order valence-electron chi connectivity index (χ1n) is 8.26. The third-order valence-corrected chi connectivity index (χ3v) is 3.53. The van der Waals surface area contributed by atoms with Gasteiger partial charge in [0, 0.05) is 11.1 Å². The topological polar surface area (TPSA) is 81.7 Å². The highest BCUT2D eigenvalue weighted by atomic mass is 16.5. The highest BCUT2D eigenvalue weighted by Crippen LogP contribution is 2.12. The van der Waals surface area contributed by atoms with Crippen molar-refractivity contribution in [1.82, 2.24) is 5.32 Å². The van der Waals surface area contributed by atoms with Gasteiger partial charge in [0.25, 0.3) is 5.91 Å². The predicted octanol–water partition coefficient (Wildman–Crippen LogP) is 2.55. The molecule has 0 heterocycles. The van der Waals surface area contributed by atoms with Crippen molar-refractivity contribution < 1.29 is 23.9 Å². The predicted molar refractivity (Wildman–Crippen MR) is 96.4 cm³/mol. The lowest BCUT2D eigenvalue weighted by Gasteiger charge is -2.07. The number of rotatable bonds is 8. The Morgan fingerprint density at radius 3 is 2.38 bits per heavy atom. The molecule has 136 valence electrons. The van der Waals surface area contributed by atoms with Crippen molar-refractivity contribution >= 4 is 17.7 Å². The van der Waals surface area contributed by atoms with Crippen LogP contribution in [0.15, 0.2) is 48.5 Å². The number of Topliss-reactive ketones (excluding diaryl/α,β-unsaturated/α-hetero) is 1. The molecule has 6 nitrogen and oxygen atoms in total. The van der Waals surface area contributed by atoms with Gasteiger partial charge in [0.05, 0.1) is 6.61 Å². The molecule has 0 aliphatic rings. The number of ketones is 1. The summed E-state index contributed by atoms with van der Waals surface area (Å²) in [6.45, 7) is 3.60. The fourth-order valence-corrected chi connectivity index (χ4v) is 2.22. The standard InChI is InChI=1S/C20H21NO5/c1-3-25-17-9-7-15(8-10-17)18(22)13-26-19(23)12-21-20(24)16-6-4-5-14(2)11-16/h4-11H,3,12-13H2,1-2H3,(H,21,24). The summed E-state index contributed by atoms with van der Waals surface area (Å²) >= 11 is 0. The highest BCUT2D eigenvalue weighted by molar-refractivity contribution is 5.99. The molecule has 26 heavy (non-hydrogen) atoms. The van der Waals surface area contributed by atoms with Crippen molar-refractivity contribution in [2.75, 3.05) is 19.8 Å². The summed E-state index contributed by atoms with van der Waals surface area (Å²) in [4.78, 5) is 35.7. The Kier molecular flexibility index (Phi) is 6.91. The van der Waals surface area contributed by atoms with Crippen LogP contribution in [0.4, 0.5) is 0 Å². The Balaban J connectivity index is 1.77. The quantitative estimate of drug-likeness (QED) is 0.581. The van der Waals surface area contributed by atoms with E-state index < -0.39 is 5.97 Å². The Morgan fingerprint density at radius 1 is 1.00 bits per heavy atom. The average Bonchev–Trinajstić information content (AvgIpc) is 2.65. The molecule has 0 aromatic heterocycles. The van der Waals surface area contributed by atoms with E-state index in [4.69, 9.17) is 9.47 Å². The van der Waals surface area contributed by atoms with Gasteiger partial charge in [0.2, 0.25) is 0 Å². The number of carbonyl (C=O) groups is 3. The van der Waals surface area contributed by atoms with Crippen LogP contribution in [0.3, 0.4) is 0 Å². The normalized spacial score (nSPS) is 10.1. The third-order valence-electron chi connectivity index (χ3n) is 3.53. The van der Waals surface area contributed by atoms with Crippen LogP contribution >= 0.6 is 0 Å². The Morgan fingerprint density at radius 2 is 1.73 bits per heavy atom. The number of nitrogens with one attached hydrogen (secondary N) is 1. The van der Waals surface area contributed by atoms with E-state index >= 15 is 0 Å². The molecule has 0 saturated heterocycles. The Bertz CT molecular complexity index is 783. The molecule has 0 bridgehead atoms. The van der Waals surface area contributed by atoms with Crippen LogP contribution in [0.2, 0.25) is 0 Å². The van der Waals surface area contributed by atoms with Gasteiger partial charge in [-0.3, -0.25) is 14.4 Å². The fourth-order valence-electron chi connectivity index (χ4n) is 2.22. The second kappa shape index (κ2) is 9.36. The van der Waals surface area contributed by atoms with Crippen molar-refractivity contribution in [3.63, 3.8) is 0 Å². The number of ether oxygens (including phenoxy) is 2. The number of carbonyl (C=O) groups excluding carboxylic acids is 3. The molecule has 0 aliphatic carbocycles. The second-order valence-corrected chi connectivity index (χ2v) is 5.59. The molecule has 0 atom stereocenters. The maximum Gasteiger partial charge on any atom is 0.325 e. The van der Waals surface area contributed by atoms with Gasteiger partial charge in [-0.15, -0.1) is 0 Å². The molecule has 2 aromatic carbocycles. The van der Waals surface area contributed by atoms with Gasteiger partial charge in [-0.1, -0.05) is 17.7 Å². The van der Waals surface area contributed by atoms with Crippen LogP contribution in [-0.4, -0.2) is 37.4 Å². The minimum absolute atomic E-state index is 0.302. The van der Waals surface area contributed by atoms with Gasteiger partial charge in [0.1, 0.15) is 12.3 Å². The fraction of sp³-hybridized carbons (Fsp3) is 0.250. The summed E-state index contributed by atoms with van der Waals surface area (Å²) in [6, 6.07) is 13.6. The van der Waals surface area contributed by atoms with E-state index in [9.17, 15) is 14.4 Å². The molecular weight excluding hydrogens is 334 g/mol. The third kappa shape index (κ3) is 5.73. The number of amides is 1. The van der Waals surface area contributed by atoms with Gasteiger partial charge in [-0.2, -0.15) is 0 Å². The van der Waals surface area contributed by atoms with Gasteiger partial charge in [0.15, 0.2) is 12.4 Å². The number of hydrogen-bond acceptors (Lipinski definition) is 5. The van der Waals surface area contributed by atoms with E-state index in [1.54, 1.807) is 42.5 Å². The molecular formula is C20H21NO5. The minimum atomic E-state index is -0.676. The molecule has 0 unspecified atom stereocenters. The first-order valence-corrected chi connectivity index (χ1v) is 8.26. The van der Waals surface area contributed by atoms with E-state index in [1.165, 1.54) is 0 Å². The zero-order valence-electron chi connectivity index (χ0n) is 14.8. The largest absolute Gasteiger partial charge is 0.494 e. The van der Waals surface area contributed by atoms with Gasteiger partial charge < -0.3 is 14.8 Å². The number of hydrogen-bond donors (Lipinski definition) is 1. The van der Waals surface area contributed by atoms with Crippen LogP contribution in [0.25, 0.3) is 0 Å². The molecule has 1 amide bonds. The van der Waals surface area contributed by atoms with Gasteiger partial charge in [-0.05, 0) is 50.2 Å². The lowest BCUT2D eigenvalue weighted by atomic mass is 10.1. The van der Waals surface area contributed by atoms with Crippen molar-refractivity contribution in [2.45, 2.75) is 13.8 Å². The van der Waals surface area contributed by atoms with E-state index in [0.29, 0.717) is 23.5 Å². The summed E-state index contributed by atoms with van der Waals surface area (Å²) < 4.78 is 10.2. The molecule has 0 aliphatic heterocycles. The number of esters is 1. The summed E-state index contributed by atoms with van der Waals surface area (Å²) in [6.07, 6.45) is 0. The van der Waals surface area contributed by atoms with Crippen LogP contribution in [0.5, 0.6) is 5.75 Å². The highest BCUT2D eigenvalue weighted by Gasteiger charge is 2.12. The first-order chi connectivity index (χ1) is 12.5. The van der Waals surface area contributed by atoms with Gasteiger partial charge in [-0.25, -0.2) is 0 Å². The molecule has 0 fully saturated rings. The summed E-state index contributed by atoms with van der Waals surface area (Å²) in [7, 11) is 0. The van der Waals surface area contributed by atoms with Crippen LogP contribution in [0, 0.1) is 6.92 Å². The van der Waals surface area contributed by atoms with E-state index in [1.807, 2.05) is 19.9 Å². The lowest BCUT2D eigenvalue weighted by molar-refractivity contribution is -0.141. The van der Waals surface area contributed by atoms with Crippen molar-refractivity contribution in [3.8, 4) is 5.75 Å². The smallest absolute Gasteiger partial charge is 0.325 e. The molecule has 2 aromatic rings. The Labute approximate surface area is 152 Å². The molecule has 0 saturated carbocycles. The van der Waals surface area contributed by atoms with Crippen LogP contribution in [0.1, 0.15) is 33.2 Å². The molecule has 6 heteroatoms. The van der Waals surface area contributed by atoms with Gasteiger partial charge >= 0.3 is 5.97 Å². The molecule has 1 N–H and O–H groups in total. The zero-order valence-corrected chi connectivity index (χ0v) is 14.8. The monoisotopic (exact) mass is 355 g/mol. The maximum atomic E-state index is 12.0. The van der Waals surface area contributed by atoms with E-state index in [0.717, 1.165) is 5.56 Å². The lowest BCUT2D eigenvalue weighted by Crippen LogP contribution is -2.31. The molecule has 0 radical (unpaired) electrons. The summed E-state index contributed by atoms with van der Waals surface area (Å²) in [5.41, 5.74) is 1.83. The summed E-state index contributed by atoms with van der Waals surface area (Å²) in [5.74, 6) is -0.708. The van der Waals surface area contributed by atoms with E-state index in [-0.39, 0.29) is 24.8 Å². The average molecular weight is 355 g/mol. The second-order valence-electron chi connectivity index (χ2n) is 5.59. The van der Waals surface area contributed by atoms with E-state index in [2.05, 4.69) is 5.32 Å².